The Morgan fingerprint density at radius 1 is 1.04 bits per heavy atom. The largest absolute Gasteiger partial charge is 0.465 e. The van der Waals surface area contributed by atoms with Crippen LogP contribution in [0.25, 0.3) is 0 Å². The first-order valence-electron chi connectivity index (χ1n) is 8.11. The maximum Gasteiger partial charge on any atom is 0.337 e. The Morgan fingerprint density at radius 3 is 2.38 bits per heavy atom. The lowest BCUT2D eigenvalue weighted by Gasteiger charge is -2.35. The Balaban J connectivity index is 1.76. The molecule has 0 amide bonds. The minimum absolute atomic E-state index is 0.0894. The van der Waals surface area contributed by atoms with Crippen molar-refractivity contribution in [2.75, 3.05) is 38.2 Å². The molecular weight excluding hydrogens is 376 g/mol. The van der Waals surface area contributed by atoms with Crippen molar-refractivity contribution in [1.29, 1.82) is 0 Å². The van der Waals surface area contributed by atoms with Gasteiger partial charge in [0, 0.05) is 26.2 Å². The van der Waals surface area contributed by atoms with Crippen molar-refractivity contribution in [1.82, 2.24) is 4.31 Å². The van der Waals surface area contributed by atoms with Crippen LogP contribution < -0.4 is 4.90 Å². The third-order valence-electron chi connectivity index (χ3n) is 4.32. The lowest BCUT2D eigenvalue weighted by molar-refractivity contribution is 0.0600. The Kier molecular flexibility index (Phi) is 5.50. The molecule has 0 aromatic heterocycles. The minimum atomic E-state index is -3.68. The number of carbonyl (C=O) groups is 1. The van der Waals surface area contributed by atoms with E-state index in [2.05, 4.69) is 9.64 Å². The van der Waals surface area contributed by atoms with Crippen molar-refractivity contribution in [3.63, 3.8) is 0 Å². The van der Waals surface area contributed by atoms with Crippen LogP contribution in [0.4, 0.5) is 5.69 Å². The number of anilines is 1. The Hall–Kier alpha value is -2.09. The van der Waals surface area contributed by atoms with E-state index in [1.165, 1.54) is 29.6 Å². The van der Waals surface area contributed by atoms with Gasteiger partial charge < -0.3 is 9.64 Å². The number of benzene rings is 2. The van der Waals surface area contributed by atoms with E-state index >= 15 is 0 Å². The van der Waals surface area contributed by atoms with Gasteiger partial charge in [0.25, 0.3) is 0 Å². The average Bonchev–Trinajstić information content (AvgIpc) is 2.68. The predicted octanol–water partition coefficient (Wildman–Crippen LogP) is 2.64. The molecule has 1 heterocycles. The van der Waals surface area contributed by atoms with Crippen molar-refractivity contribution in [3.05, 3.63) is 59.1 Å². The molecule has 0 saturated carbocycles. The molecule has 0 spiro atoms. The number of carbonyl (C=O) groups excluding carboxylic acids is 1. The van der Waals surface area contributed by atoms with E-state index in [9.17, 15) is 13.2 Å². The van der Waals surface area contributed by atoms with Crippen LogP contribution in [0.3, 0.4) is 0 Å². The Bertz CT molecular complexity index is 909. The van der Waals surface area contributed by atoms with Crippen LogP contribution >= 0.6 is 11.6 Å². The van der Waals surface area contributed by atoms with Crippen molar-refractivity contribution in [2.24, 2.45) is 0 Å². The van der Waals surface area contributed by atoms with Gasteiger partial charge in [-0.15, -0.1) is 0 Å². The number of ether oxygens (including phenoxy) is 1. The van der Waals surface area contributed by atoms with Gasteiger partial charge in [0.2, 0.25) is 10.0 Å². The molecule has 0 unspecified atom stereocenters. The fourth-order valence-electron chi connectivity index (χ4n) is 2.93. The average molecular weight is 395 g/mol. The number of methoxy groups -OCH3 is 1. The van der Waals surface area contributed by atoms with Gasteiger partial charge in [-0.05, 0) is 30.3 Å². The summed E-state index contributed by atoms with van der Waals surface area (Å²) in [4.78, 5) is 13.8. The molecule has 1 fully saturated rings. The summed E-state index contributed by atoms with van der Waals surface area (Å²) in [5.41, 5.74) is 1.11. The first-order chi connectivity index (χ1) is 12.4. The summed E-state index contributed by atoms with van der Waals surface area (Å²) < 4.78 is 31.9. The number of rotatable bonds is 4. The van der Waals surface area contributed by atoms with Crippen LogP contribution in [-0.4, -0.2) is 52.0 Å². The molecule has 0 bridgehead atoms. The highest BCUT2D eigenvalue weighted by Crippen LogP contribution is 2.27. The summed E-state index contributed by atoms with van der Waals surface area (Å²) in [7, 11) is -2.41. The second-order valence-electron chi connectivity index (χ2n) is 5.86. The van der Waals surface area contributed by atoms with Gasteiger partial charge in [-0.1, -0.05) is 29.8 Å². The third kappa shape index (κ3) is 3.70. The smallest absolute Gasteiger partial charge is 0.337 e. The highest BCUT2D eigenvalue weighted by molar-refractivity contribution is 7.89. The molecule has 3 rings (SSSR count). The van der Waals surface area contributed by atoms with E-state index < -0.39 is 16.0 Å². The van der Waals surface area contributed by atoms with Gasteiger partial charge in [-0.25, -0.2) is 13.2 Å². The monoisotopic (exact) mass is 394 g/mol. The molecule has 2 aromatic carbocycles. The van der Waals surface area contributed by atoms with Crippen molar-refractivity contribution < 1.29 is 17.9 Å². The van der Waals surface area contributed by atoms with Gasteiger partial charge >= 0.3 is 5.97 Å². The molecule has 2 aromatic rings. The molecule has 8 heteroatoms. The number of nitrogens with zero attached hydrogens (tertiary/aromatic N) is 2. The number of hydrogen-bond acceptors (Lipinski definition) is 5. The lowest BCUT2D eigenvalue weighted by atomic mass is 10.2. The summed E-state index contributed by atoms with van der Waals surface area (Å²) in [5, 5.41) is 0.648. The quantitative estimate of drug-likeness (QED) is 0.746. The molecule has 6 nitrogen and oxygen atoms in total. The second-order valence-corrected chi connectivity index (χ2v) is 8.21. The SMILES string of the molecule is COC(=O)c1cccc(S(=O)(=O)N2CCN(c3ccccc3Cl)CC2)c1. The zero-order valence-corrected chi connectivity index (χ0v) is 15.8. The summed E-state index contributed by atoms with van der Waals surface area (Å²) in [6.45, 7) is 1.77. The fourth-order valence-corrected chi connectivity index (χ4v) is 4.65. The van der Waals surface area contributed by atoms with E-state index in [-0.39, 0.29) is 10.5 Å². The van der Waals surface area contributed by atoms with E-state index in [0.29, 0.717) is 31.2 Å². The number of esters is 1. The highest BCUT2D eigenvalue weighted by atomic mass is 35.5. The molecule has 26 heavy (non-hydrogen) atoms. The summed E-state index contributed by atoms with van der Waals surface area (Å²) in [6.07, 6.45) is 0. The van der Waals surface area contributed by atoms with Crippen LogP contribution in [-0.2, 0) is 14.8 Å². The standard InChI is InChI=1S/C18H19ClN2O4S/c1-25-18(22)14-5-4-6-15(13-14)26(23,24)21-11-9-20(10-12-21)17-8-3-2-7-16(17)19/h2-8,13H,9-12H2,1H3. The number of halogens is 1. The third-order valence-corrected chi connectivity index (χ3v) is 6.54. The molecule has 0 radical (unpaired) electrons. The highest BCUT2D eigenvalue weighted by Gasteiger charge is 2.29. The second kappa shape index (κ2) is 7.65. The number of piperazine rings is 1. The van der Waals surface area contributed by atoms with Crippen LogP contribution in [0.2, 0.25) is 5.02 Å². The molecule has 1 aliphatic heterocycles. The number of para-hydroxylation sites is 1. The van der Waals surface area contributed by atoms with E-state index in [4.69, 9.17) is 11.6 Å². The van der Waals surface area contributed by atoms with Crippen LogP contribution in [0.1, 0.15) is 10.4 Å². The summed E-state index contributed by atoms with van der Waals surface area (Å²) in [5.74, 6) is -0.564. The van der Waals surface area contributed by atoms with E-state index in [0.717, 1.165) is 5.69 Å². The first kappa shape index (κ1) is 18.7. The first-order valence-corrected chi connectivity index (χ1v) is 9.93. The topological polar surface area (TPSA) is 66.9 Å². The zero-order chi connectivity index (χ0) is 18.7. The number of sulfonamides is 1. The normalized spacial score (nSPS) is 15.7. The van der Waals surface area contributed by atoms with Gasteiger partial charge in [-0.2, -0.15) is 4.31 Å². The Labute approximate surface area is 158 Å². The fraction of sp³-hybridized carbons (Fsp3) is 0.278. The van der Waals surface area contributed by atoms with Crippen LogP contribution in [0.15, 0.2) is 53.4 Å². The predicted molar refractivity (Wildman–Crippen MR) is 100 cm³/mol. The lowest BCUT2D eigenvalue weighted by Crippen LogP contribution is -2.48. The zero-order valence-electron chi connectivity index (χ0n) is 14.3. The molecule has 1 saturated heterocycles. The van der Waals surface area contributed by atoms with Crippen LogP contribution in [0, 0.1) is 0 Å². The van der Waals surface area contributed by atoms with E-state index in [1.807, 2.05) is 24.3 Å². The maximum absolute atomic E-state index is 12.9. The van der Waals surface area contributed by atoms with E-state index in [1.54, 1.807) is 6.07 Å². The van der Waals surface area contributed by atoms with Gasteiger partial charge in [-0.3, -0.25) is 0 Å². The summed E-state index contributed by atoms with van der Waals surface area (Å²) >= 11 is 6.22. The van der Waals surface area contributed by atoms with Gasteiger partial charge in [0.1, 0.15) is 0 Å². The van der Waals surface area contributed by atoms with Crippen molar-refractivity contribution in [2.45, 2.75) is 4.90 Å². The molecule has 138 valence electrons. The Morgan fingerprint density at radius 2 is 1.73 bits per heavy atom. The van der Waals surface area contributed by atoms with Crippen molar-refractivity contribution in [3.8, 4) is 0 Å². The molecule has 1 aliphatic rings. The number of hydrogen-bond donors (Lipinski definition) is 0. The van der Waals surface area contributed by atoms with Gasteiger partial charge in [0.05, 0.1) is 28.3 Å². The van der Waals surface area contributed by atoms with Gasteiger partial charge in [0.15, 0.2) is 0 Å². The minimum Gasteiger partial charge on any atom is -0.465 e. The molecule has 0 aliphatic carbocycles. The molecular formula is C18H19ClN2O4S. The van der Waals surface area contributed by atoms with Crippen molar-refractivity contribution >= 4 is 33.3 Å². The summed E-state index contributed by atoms with van der Waals surface area (Å²) in [6, 6.07) is 13.4. The molecule has 0 N–H and O–H groups in total. The van der Waals surface area contributed by atoms with Crippen LogP contribution in [0.5, 0.6) is 0 Å². The maximum atomic E-state index is 12.9. The molecule has 0 atom stereocenters.